The number of hydrazone groups is 1. The molecule has 1 aromatic heterocycles. The van der Waals surface area contributed by atoms with Crippen molar-refractivity contribution >= 4 is 29.2 Å². The summed E-state index contributed by atoms with van der Waals surface area (Å²) in [5, 5.41) is 7.51. The Hall–Kier alpha value is -4.38. The summed E-state index contributed by atoms with van der Waals surface area (Å²) in [5.74, 6) is 0.469. The van der Waals surface area contributed by atoms with Crippen LogP contribution in [0.25, 0.3) is 16.9 Å². The number of hydrogen-bond acceptors (Lipinski definition) is 5. The molecule has 4 aromatic rings. The lowest BCUT2D eigenvalue weighted by Crippen LogP contribution is -2.23. The molecule has 0 aliphatic carbocycles. The number of methoxy groups -OCH3 is 1. The molecule has 0 saturated carbocycles. The van der Waals surface area contributed by atoms with Gasteiger partial charge in [-0.15, -0.1) is 13.2 Å². The van der Waals surface area contributed by atoms with Crippen LogP contribution in [0.4, 0.5) is 18.9 Å². The summed E-state index contributed by atoms with van der Waals surface area (Å²) in [6.45, 7) is 0. The number of ether oxygens (including phenoxy) is 2. The van der Waals surface area contributed by atoms with E-state index in [-0.39, 0.29) is 5.75 Å². The van der Waals surface area contributed by atoms with Crippen LogP contribution in [0.3, 0.4) is 0 Å². The highest BCUT2D eigenvalue weighted by Gasteiger charge is 2.30. The van der Waals surface area contributed by atoms with Crippen molar-refractivity contribution < 1.29 is 22.6 Å². The minimum Gasteiger partial charge on any atom is -0.497 e. The average Bonchev–Trinajstić information content (AvgIpc) is 3.35. The lowest BCUT2D eigenvalue weighted by atomic mass is 10.1. The lowest BCUT2D eigenvalue weighted by Gasteiger charge is -2.09. The minimum atomic E-state index is -4.73. The highest BCUT2D eigenvalue weighted by Crippen LogP contribution is 2.25. The van der Waals surface area contributed by atoms with Crippen molar-refractivity contribution in [3.8, 4) is 28.4 Å². The van der Waals surface area contributed by atoms with Crippen molar-refractivity contribution in [3.05, 3.63) is 90.9 Å². The van der Waals surface area contributed by atoms with Crippen LogP contribution in [-0.4, -0.2) is 34.4 Å². The molecule has 2 N–H and O–H groups in total. The largest absolute Gasteiger partial charge is 0.573 e. The molecule has 0 radical (unpaired) electrons. The minimum absolute atomic E-state index is 0.282. The fourth-order valence-corrected chi connectivity index (χ4v) is 3.34. The third-order valence-corrected chi connectivity index (χ3v) is 5.08. The molecule has 0 amide bonds. The lowest BCUT2D eigenvalue weighted by molar-refractivity contribution is -0.274. The predicted octanol–water partition coefficient (Wildman–Crippen LogP) is 5.77. The Morgan fingerprint density at radius 1 is 0.972 bits per heavy atom. The highest BCUT2D eigenvalue weighted by molar-refractivity contribution is 7.80. The number of nitrogens with zero attached hydrogens (tertiary/aromatic N) is 3. The van der Waals surface area contributed by atoms with E-state index in [1.54, 1.807) is 30.4 Å². The number of aromatic nitrogens is 2. The summed E-state index contributed by atoms with van der Waals surface area (Å²) in [4.78, 5) is 4.38. The van der Waals surface area contributed by atoms with Crippen molar-refractivity contribution in [1.29, 1.82) is 0 Å². The summed E-state index contributed by atoms with van der Waals surface area (Å²) in [6, 6.07) is 20.4. The van der Waals surface area contributed by atoms with Gasteiger partial charge in [-0.3, -0.25) is 5.43 Å². The molecule has 4 rings (SSSR count). The summed E-state index contributed by atoms with van der Waals surface area (Å²) in [7, 11) is 1.60. The van der Waals surface area contributed by atoms with E-state index in [1.165, 1.54) is 24.3 Å². The first-order chi connectivity index (χ1) is 17.3. The number of alkyl halides is 3. The second-order valence-corrected chi connectivity index (χ2v) is 7.79. The predicted molar refractivity (Wildman–Crippen MR) is 136 cm³/mol. The topological polar surface area (TPSA) is 72.7 Å². The second kappa shape index (κ2) is 10.9. The van der Waals surface area contributed by atoms with E-state index in [9.17, 15) is 13.2 Å². The smallest absolute Gasteiger partial charge is 0.497 e. The first-order valence-electron chi connectivity index (χ1n) is 10.5. The van der Waals surface area contributed by atoms with E-state index in [0.29, 0.717) is 16.5 Å². The average molecular weight is 512 g/mol. The maximum Gasteiger partial charge on any atom is 0.573 e. The fourth-order valence-electron chi connectivity index (χ4n) is 3.17. The number of anilines is 1. The molecule has 184 valence electrons. The molecular formula is C25H20F3N5O2S. The van der Waals surface area contributed by atoms with Gasteiger partial charge in [0.1, 0.15) is 11.5 Å². The Morgan fingerprint density at radius 2 is 1.64 bits per heavy atom. The fraction of sp³-hybridized carbons (Fsp3) is 0.0800. The Bertz CT molecular complexity index is 1340. The van der Waals surface area contributed by atoms with Gasteiger partial charge in [-0.1, -0.05) is 24.3 Å². The van der Waals surface area contributed by atoms with Crippen LogP contribution in [0, 0.1) is 0 Å². The Morgan fingerprint density at radius 3 is 2.28 bits per heavy atom. The Kier molecular flexibility index (Phi) is 7.50. The summed E-state index contributed by atoms with van der Waals surface area (Å²) >= 11 is 5.24. The van der Waals surface area contributed by atoms with E-state index in [0.717, 1.165) is 22.6 Å². The summed E-state index contributed by atoms with van der Waals surface area (Å²) in [6.07, 6.45) is 0.282. The van der Waals surface area contributed by atoms with E-state index < -0.39 is 6.36 Å². The van der Waals surface area contributed by atoms with Gasteiger partial charge in [0.2, 0.25) is 0 Å². The van der Waals surface area contributed by atoms with E-state index in [2.05, 4.69) is 25.6 Å². The van der Waals surface area contributed by atoms with Crippen LogP contribution in [0.5, 0.6) is 11.5 Å². The first-order valence-corrected chi connectivity index (χ1v) is 10.9. The summed E-state index contributed by atoms with van der Waals surface area (Å²) < 4.78 is 47.7. The van der Waals surface area contributed by atoms with Crippen molar-refractivity contribution in [2.24, 2.45) is 5.10 Å². The number of benzene rings is 3. The van der Waals surface area contributed by atoms with Crippen LogP contribution >= 0.6 is 12.2 Å². The molecule has 0 unspecified atom stereocenters. The third-order valence-electron chi connectivity index (χ3n) is 4.89. The molecular weight excluding hydrogens is 491 g/mol. The molecule has 0 aliphatic heterocycles. The zero-order valence-electron chi connectivity index (χ0n) is 18.9. The van der Waals surface area contributed by atoms with Gasteiger partial charge in [0, 0.05) is 23.1 Å². The van der Waals surface area contributed by atoms with Crippen LogP contribution in [0.15, 0.2) is 90.4 Å². The van der Waals surface area contributed by atoms with Gasteiger partial charge in [-0.05, 0) is 66.3 Å². The van der Waals surface area contributed by atoms with Crippen molar-refractivity contribution in [2.75, 3.05) is 12.4 Å². The van der Waals surface area contributed by atoms with Crippen molar-refractivity contribution in [1.82, 2.24) is 15.0 Å². The van der Waals surface area contributed by atoms with Crippen molar-refractivity contribution in [2.45, 2.75) is 6.36 Å². The van der Waals surface area contributed by atoms with E-state index in [1.807, 2.05) is 48.5 Å². The molecule has 36 heavy (non-hydrogen) atoms. The monoisotopic (exact) mass is 511 g/mol. The Labute approximate surface area is 210 Å². The van der Waals surface area contributed by atoms with Crippen LogP contribution in [0.1, 0.15) is 5.56 Å². The van der Waals surface area contributed by atoms with Gasteiger partial charge in [0.25, 0.3) is 0 Å². The van der Waals surface area contributed by atoms with E-state index in [4.69, 9.17) is 17.0 Å². The number of nitrogens with one attached hydrogen (secondary N) is 2. The molecule has 0 aliphatic rings. The molecule has 7 nitrogen and oxygen atoms in total. The number of thiocarbonyl (C=S) groups is 1. The molecule has 0 saturated heterocycles. The highest BCUT2D eigenvalue weighted by atomic mass is 32.1. The van der Waals surface area contributed by atoms with Crippen LogP contribution in [-0.2, 0) is 0 Å². The second-order valence-electron chi connectivity index (χ2n) is 7.38. The van der Waals surface area contributed by atoms with Gasteiger partial charge in [0.05, 0.1) is 25.3 Å². The molecule has 1 heterocycles. The maximum absolute atomic E-state index is 12.3. The standard InChI is InChI=1S/C25H20F3N5O2S/c1-34-21-10-6-19(7-11-21)31-24(36)32-30-14-17-2-4-18(5-3-17)23-15-33(16-29-23)20-8-12-22(13-9-20)35-25(26,27)28/h2-16H,1H3,(H2,31,32,36). The number of halogens is 3. The first kappa shape index (κ1) is 24.7. The zero-order chi connectivity index (χ0) is 25.5. The van der Waals surface area contributed by atoms with Crippen LogP contribution < -0.4 is 20.2 Å². The number of imidazole rings is 1. The van der Waals surface area contributed by atoms with Gasteiger partial charge >= 0.3 is 6.36 Å². The van der Waals surface area contributed by atoms with Gasteiger partial charge in [0.15, 0.2) is 5.11 Å². The van der Waals surface area contributed by atoms with Gasteiger partial charge in [-0.25, -0.2) is 4.98 Å². The van der Waals surface area contributed by atoms with Crippen LogP contribution in [0.2, 0.25) is 0 Å². The zero-order valence-corrected chi connectivity index (χ0v) is 19.7. The molecule has 0 spiro atoms. The van der Waals surface area contributed by atoms with Gasteiger partial charge in [-0.2, -0.15) is 5.10 Å². The summed E-state index contributed by atoms with van der Waals surface area (Å²) in [5.41, 5.74) is 6.64. The number of rotatable bonds is 7. The number of hydrogen-bond donors (Lipinski definition) is 2. The molecule has 0 bridgehead atoms. The normalized spacial score (nSPS) is 11.3. The quantitative estimate of drug-likeness (QED) is 0.187. The van der Waals surface area contributed by atoms with Crippen molar-refractivity contribution in [3.63, 3.8) is 0 Å². The molecule has 3 aromatic carbocycles. The van der Waals surface area contributed by atoms with Gasteiger partial charge < -0.3 is 19.4 Å². The SMILES string of the molecule is COc1ccc(NC(=S)NN=Cc2ccc(-c3cn(-c4ccc(OC(F)(F)F)cc4)cn3)cc2)cc1. The molecule has 0 fully saturated rings. The Balaban J connectivity index is 1.33. The third kappa shape index (κ3) is 6.83. The molecule has 0 atom stereocenters. The maximum atomic E-state index is 12.3. The molecule has 11 heteroatoms. The van der Waals surface area contributed by atoms with E-state index >= 15 is 0 Å².